The van der Waals surface area contributed by atoms with Crippen molar-refractivity contribution in [3.05, 3.63) is 12.2 Å². The van der Waals surface area contributed by atoms with Gasteiger partial charge in [-0.3, -0.25) is 0 Å². The third-order valence-corrected chi connectivity index (χ3v) is 7.92. The predicted molar refractivity (Wildman–Crippen MR) is 133 cm³/mol. The van der Waals surface area contributed by atoms with Gasteiger partial charge in [-0.15, -0.1) is 0 Å². The van der Waals surface area contributed by atoms with Crippen LogP contribution in [-0.2, 0) is 9.05 Å². The average Bonchev–Trinajstić information content (AvgIpc) is 3.56. The molecule has 30 heavy (non-hydrogen) atoms. The fraction of sp³-hybridized carbons (Fsp3) is 0.880. The Labute approximate surface area is 187 Å². The van der Waals surface area contributed by atoms with E-state index in [9.17, 15) is 4.89 Å². The van der Waals surface area contributed by atoms with Crippen molar-refractivity contribution in [2.75, 3.05) is 33.9 Å². The van der Waals surface area contributed by atoms with Gasteiger partial charge in [-0.1, -0.05) is 83.3 Å². The third-order valence-electron chi connectivity index (χ3n) is 5.61. The molecule has 1 aliphatic carbocycles. The van der Waals surface area contributed by atoms with E-state index in [2.05, 4.69) is 24.0 Å². The fourth-order valence-corrected chi connectivity index (χ4v) is 5.33. The molecule has 0 saturated heterocycles. The molecule has 1 rings (SSSR count). The molecule has 0 aromatic rings. The summed E-state index contributed by atoms with van der Waals surface area (Å²) >= 11 is 0. The molecular formula is C25H50NO3P. The monoisotopic (exact) mass is 443 g/mol. The molecule has 0 aromatic carbocycles. The molecule has 1 aliphatic rings. The molecule has 1 fully saturated rings. The SMILES string of the molecule is CC/C=C/CCCCCCCCCCCCCCOP(O)(OCCN(C)C)=C1CC1. The topological polar surface area (TPSA) is 41.9 Å². The highest BCUT2D eigenvalue weighted by Gasteiger charge is 2.30. The van der Waals surface area contributed by atoms with Crippen LogP contribution in [-0.4, -0.2) is 48.9 Å². The second-order valence-corrected chi connectivity index (χ2v) is 11.2. The zero-order valence-electron chi connectivity index (χ0n) is 20.2. The van der Waals surface area contributed by atoms with Crippen LogP contribution in [0.5, 0.6) is 0 Å². The van der Waals surface area contributed by atoms with Crippen LogP contribution in [0.25, 0.3) is 0 Å². The number of hydrogen-bond acceptors (Lipinski definition) is 4. The standard InChI is InChI=1S/C25H50NO3P/c1-4-5-6-7-8-9-10-11-12-13-14-15-16-17-18-19-23-28-30(27,25-20-21-25)29-24-22-26(2)3/h5-6,27H,4,7-24H2,1-3H3/b6-5+. The number of nitrogens with zero attached hydrogens (tertiary/aromatic N) is 1. The van der Waals surface area contributed by atoms with Gasteiger partial charge in [-0.25, -0.2) is 0 Å². The average molecular weight is 444 g/mol. The van der Waals surface area contributed by atoms with Crippen LogP contribution in [0.15, 0.2) is 12.2 Å². The van der Waals surface area contributed by atoms with E-state index in [1.807, 2.05) is 14.1 Å². The first kappa shape index (κ1) is 27.9. The van der Waals surface area contributed by atoms with Crippen LogP contribution in [0.3, 0.4) is 0 Å². The Morgan fingerprint density at radius 1 is 0.767 bits per heavy atom. The first-order chi connectivity index (χ1) is 14.6. The van der Waals surface area contributed by atoms with Gasteiger partial charge < -0.3 is 18.8 Å². The summed E-state index contributed by atoms with van der Waals surface area (Å²) in [5.41, 5.74) is 0. The van der Waals surface area contributed by atoms with Gasteiger partial charge in [0.25, 0.3) is 7.57 Å². The highest BCUT2D eigenvalue weighted by molar-refractivity contribution is 7.62. The molecule has 0 radical (unpaired) electrons. The lowest BCUT2D eigenvalue weighted by atomic mass is 10.0. The maximum atomic E-state index is 10.7. The molecule has 1 saturated carbocycles. The molecular weight excluding hydrogens is 393 g/mol. The maximum absolute atomic E-state index is 10.7. The van der Waals surface area contributed by atoms with E-state index in [-0.39, 0.29) is 0 Å². The van der Waals surface area contributed by atoms with Gasteiger partial charge in [-0.2, -0.15) is 0 Å². The Hall–Kier alpha value is -0.120. The van der Waals surface area contributed by atoms with Gasteiger partial charge in [0.15, 0.2) is 0 Å². The van der Waals surface area contributed by atoms with Crippen LogP contribution >= 0.6 is 7.57 Å². The van der Waals surface area contributed by atoms with Crippen molar-refractivity contribution in [1.82, 2.24) is 4.90 Å². The number of likely N-dealkylation sites (N-methyl/N-ethyl adjacent to an activating group) is 1. The normalized spacial score (nSPS) is 16.0. The van der Waals surface area contributed by atoms with E-state index in [4.69, 9.17) is 9.05 Å². The second kappa shape index (κ2) is 18.5. The fourth-order valence-electron chi connectivity index (χ4n) is 3.51. The Bertz CT molecular complexity index is 485. The molecule has 0 heterocycles. The van der Waals surface area contributed by atoms with Crippen LogP contribution in [0.1, 0.15) is 110 Å². The van der Waals surface area contributed by atoms with Gasteiger partial charge in [0.1, 0.15) is 0 Å². The first-order valence-corrected chi connectivity index (χ1v) is 14.2. The molecule has 1 unspecified atom stereocenters. The summed E-state index contributed by atoms with van der Waals surface area (Å²) in [6, 6.07) is 0. The van der Waals surface area contributed by atoms with Gasteiger partial charge in [0, 0.05) is 11.8 Å². The highest BCUT2D eigenvalue weighted by atomic mass is 31.2. The zero-order chi connectivity index (χ0) is 21.9. The van der Waals surface area contributed by atoms with Gasteiger partial charge >= 0.3 is 0 Å². The minimum Gasteiger partial charge on any atom is -0.333 e. The largest absolute Gasteiger partial charge is 0.333 e. The van der Waals surface area contributed by atoms with Crippen LogP contribution in [0.4, 0.5) is 0 Å². The summed E-state index contributed by atoms with van der Waals surface area (Å²) in [4.78, 5) is 12.8. The summed E-state index contributed by atoms with van der Waals surface area (Å²) in [6.07, 6.45) is 25.0. The van der Waals surface area contributed by atoms with Crippen LogP contribution in [0, 0.1) is 0 Å². The van der Waals surface area contributed by atoms with Gasteiger partial charge in [0.05, 0.1) is 13.2 Å². The highest BCUT2D eigenvalue weighted by Crippen LogP contribution is 2.53. The lowest BCUT2D eigenvalue weighted by molar-refractivity contribution is 0.178. The predicted octanol–water partition coefficient (Wildman–Crippen LogP) is 7.34. The van der Waals surface area contributed by atoms with Crippen molar-refractivity contribution < 1.29 is 13.9 Å². The van der Waals surface area contributed by atoms with Crippen molar-refractivity contribution >= 4 is 12.9 Å². The van der Waals surface area contributed by atoms with E-state index < -0.39 is 7.57 Å². The number of hydrogen-bond donors (Lipinski definition) is 1. The van der Waals surface area contributed by atoms with Gasteiger partial charge in [0.2, 0.25) is 0 Å². The Morgan fingerprint density at radius 2 is 1.27 bits per heavy atom. The summed E-state index contributed by atoms with van der Waals surface area (Å²) in [7, 11) is 1.34. The Balaban J connectivity index is 1.87. The summed E-state index contributed by atoms with van der Waals surface area (Å²) in [5, 5.41) is 1.11. The van der Waals surface area contributed by atoms with Crippen molar-refractivity contribution in [2.24, 2.45) is 0 Å². The van der Waals surface area contributed by atoms with Crippen LogP contribution < -0.4 is 0 Å². The molecule has 1 N–H and O–H groups in total. The number of rotatable bonds is 21. The van der Waals surface area contributed by atoms with Crippen molar-refractivity contribution in [1.29, 1.82) is 0 Å². The summed E-state index contributed by atoms with van der Waals surface area (Å²) in [6.45, 7) is 4.18. The molecule has 0 spiro atoms. The van der Waals surface area contributed by atoms with E-state index >= 15 is 0 Å². The van der Waals surface area contributed by atoms with Crippen LogP contribution in [0.2, 0.25) is 0 Å². The molecule has 1 atom stereocenters. The van der Waals surface area contributed by atoms with E-state index in [0.29, 0.717) is 13.2 Å². The minimum absolute atomic E-state index is 0.539. The molecule has 4 nitrogen and oxygen atoms in total. The lowest BCUT2D eigenvalue weighted by Gasteiger charge is -2.21. The smallest absolute Gasteiger partial charge is 0.254 e. The number of unbranched alkanes of at least 4 members (excludes halogenated alkanes) is 12. The molecule has 5 heteroatoms. The number of allylic oxidation sites excluding steroid dienone is 2. The Morgan fingerprint density at radius 3 is 1.77 bits per heavy atom. The minimum atomic E-state index is -2.69. The first-order valence-electron chi connectivity index (χ1n) is 12.6. The summed E-state index contributed by atoms with van der Waals surface area (Å²) < 4.78 is 11.6. The maximum Gasteiger partial charge on any atom is 0.254 e. The Kier molecular flexibility index (Phi) is 17.2. The molecule has 0 bridgehead atoms. The molecule has 0 aromatic heterocycles. The molecule has 0 amide bonds. The molecule has 0 aliphatic heterocycles. The third kappa shape index (κ3) is 15.6. The van der Waals surface area contributed by atoms with Crippen molar-refractivity contribution in [3.8, 4) is 0 Å². The van der Waals surface area contributed by atoms with Gasteiger partial charge in [-0.05, 0) is 52.6 Å². The summed E-state index contributed by atoms with van der Waals surface area (Å²) in [5.74, 6) is 0. The second-order valence-electron chi connectivity index (χ2n) is 8.97. The zero-order valence-corrected chi connectivity index (χ0v) is 21.1. The van der Waals surface area contributed by atoms with E-state index in [1.165, 1.54) is 83.5 Å². The van der Waals surface area contributed by atoms with Crippen molar-refractivity contribution in [3.63, 3.8) is 0 Å². The van der Waals surface area contributed by atoms with E-state index in [1.54, 1.807) is 0 Å². The van der Waals surface area contributed by atoms with Crippen molar-refractivity contribution in [2.45, 2.75) is 110 Å². The molecule has 178 valence electrons. The lowest BCUT2D eigenvalue weighted by Crippen LogP contribution is -2.18. The quantitative estimate of drug-likeness (QED) is 0.114. The van der Waals surface area contributed by atoms with E-state index in [0.717, 1.165) is 31.1 Å².